The Morgan fingerprint density at radius 2 is 1.25 bits per heavy atom. The van der Waals surface area contributed by atoms with Crippen molar-refractivity contribution in [1.82, 2.24) is 44.0 Å². The van der Waals surface area contributed by atoms with Crippen LogP contribution >= 0.6 is 45.7 Å². The number of aliphatic carboxylic acids is 1. The number of aryl methyl sites for hydroxylation is 2. The Morgan fingerprint density at radius 3 is 1.79 bits per heavy atom. The van der Waals surface area contributed by atoms with Gasteiger partial charge in [0.05, 0.1) is 39.3 Å². The van der Waals surface area contributed by atoms with E-state index in [1.54, 1.807) is 35.3 Å². The summed E-state index contributed by atoms with van der Waals surface area (Å²) < 4.78 is 15.4. The number of amides is 1. The van der Waals surface area contributed by atoms with Gasteiger partial charge in [0, 0.05) is 40.1 Å². The molecule has 1 fully saturated rings. The largest absolute Gasteiger partial charge is 0.481 e. The molecule has 0 unspecified atom stereocenters. The fourth-order valence-electron chi connectivity index (χ4n) is 7.86. The molecule has 6 aromatic heterocycles. The SMILES string of the molecule is O=C(O)[C@H]1CCc2c(sc3ncnc(Nc4ccc5nnsc5c4)c23)C1.O=C([C@H]1CCc2c(sc3ncnc(Nc4ccc5nnsc5c4)c23)C1)N1CCOCC1. The van der Waals surface area contributed by atoms with Crippen LogP contribution in [0.25, 0.3) is 40.9 Å². The molecule has 57 heavy (non-hydrogen) atoms. The molecule has 0 saturated carbocycles. The van der Waals surface area contributed by atoms with E-state index in [0.29, 0.717) is 39.1 Å². The second-order valence-corrected chi connectivity index (χ2v) is 17.9. The van der Waals surface area contributed by atoms with Gasteiger partial charge in [0.2, 0.25) is 5.91 Å². The molecule has 2 aromatic carbocycles. The van der Waals surface area contributed by atoms with E-state index in [-0.39, 0.29) is 17.7 Å². The smallest absolute Gasteiger partial charge is 0.306 e. The van der Waals surface area contributed by atoms with E-state index in [1.165, 1.54) is 39.1 Å². The molecular formula is C38H33N11O4S4. The predicted molar refractivity (Wildman–Crippen MR) is 222 cm³/mol. The van der Waals surface area contributed by atoms with Crippen LogP contribution in [0, 0.1) is 11.8 Å². The molecule has 8 aromatic rings. The maximum atomic E-state index is 13.0. The number of benzene rings is 2. The molecule has 15 nitrogen and oxygen atoms in total. The summed E-state index contributed by atoms with van der Waals surface area (Å²) in [4.78, 5) is 48.5. The molecule has 1 aliphatic heterocycles. The second kappa shape index (κ2) is 15.2. The van der Waals surface area contributed by atoms with Gasteiger partial charge in [-0.2, -0.15) is 0 Å². The summed E-state index contributed by atoms with van der Waals surface area (Å²) in [5.74, 6) is 0.868. The molecule has 0 spiro atoms. The number of anilines is 4. The molecule has 2 aliphatic carbocycles. The summed E-state index contributed by atoms with van der Waals surface area (Å²) in [6.07, 6.45) is 7.64. The Hall–Kier alpha value is -5.34. The Balaban J connectivity index is 0.000000141. The van der Waals surface area contributed by atoms with E-state index >= 15 is 0 Å². The molecule has 3 aliphatic rings. The van der Waals surface area contributed by atoms with Crippen LogP contribution < -0.4 is 10.6 Å². The first-order valence-corrected chi connectivity index (χ1v) is 21.7. The van der Waals surface area contributed by atoms with Gasteiger partial charge in [0.25, 0.3) is 0 Å². The standard InChI is InChI=1S/C21H20N6O2S2.C17H13N5O2S2/c28-21(27-5-7-29-8-6-27)12-1-3-14-16(9-12)30-20-18(14)19(22-11-23-20)24-13-2-4-15-17(10-13)31-26-25-15;23-17(24)8-1-3-10-12(5-8)25-16-14(10)15(18-7-19-16)20-9-2-4-11-13(6-9)26-22-21-11/h2,4,10-12H,1,3,5-9H2,(H,22,23,24);2,4,6-8H,1,3,5H2,(H,23,24)(H,18,19,20)/t12-;8-/m00/s1. The molecule has 3 N–H and O–H groups in total. The van der Waals surface area contributed by atoms with E-state index < -0.39 is 5.97 Å². The van der Waals surface area contributed by atoms with Crippen LogP contribution in [-0.2, 0) is 40.0 Å². The number of nitrogens with zero attached hydrogens (tertiary/aromatic N) is 9. The maximum Gasteiger partial charge on any atom is 0.306 e. The summed E-state index contributed by atoms with van der Waals surface area (Å²) in [6.45, 7) is 2.68. The van der Waals surface area contributed by atoms with Gasteiger partial charge in [0.1, 0.15) is 45.0 Å². The summed E-state index contributed by atoms with van der Waals surface area (Å²) >= 11 is 6.00. The van der Waals surface area contributed by atoms with Crippen LogP contribution in [0.15, 0.2) is 49.1 Å². The predicted octanol–water partition coefficient (Wildman–Crippen LogP) is 7.03. The topological polar surface area (TPSA) is 194 Å². The first kappa shape index (κ1) is 36.0. The number of nitrogens with one attached hydrogen (secondary N) is 2. The molecule has 2 atom stereocenters. The lowest BCUT2D eigenvalue weighted by molar-refractivity contribution is -0.142. The normalized spacial score (nSPS) is 17.9. The molecule has 0 radical (unpaired) electrons. The van der Waals surface area contributed by atoms with Crippen molar-refractivity contribution in [3.63, 3.8) is 0 Å². The first-order chi connectivity index (χ1) is 27.9. The minimum absolute atomic E-state index is 0.0456. The number of thiophene rings is 2. The van der Waals surface area contributed by atoms with E-state index in [1.807, 2.05) is 41.3 Å². The molecule has 1 saturated heterocycles. The Labute approximate surface area is 340 Å². The third kappa shape index (κ3) is 7.03. The van der Waals surface area contributed by atoms with Crippen molar-refractivity contribution in [2.75, 3.05) is 36.9 Å². The lowest BCUT2D eigenvalue weighted by atomic mass is 9.86. The zero-order valence-corrected chi connectivity index (χ0v) is 33.4. The quantitative estimate of drug-likeness (QED) is 0.154. The van der Waals surface area contributed by atoms with Crippen LogP contribution in [0.3, 0.4) is 0 Å². The van der Waals surface area contributed by atoms with Gasteiger partial charge in [-0.1, -0.05) is 8.98 Å². The molecule has 288 valence electrons. The third-order valence-electron chi connectivity index (χ3n) is 10.7. The van der Waals surface area contributed by atoms with Crippen LogP contribution in [-0.4, -0.2) is 87.3 Å². The van der Waals surface area contributed by atoms with Gasteiger partial charge in [-0.05, 0) is 109 Å². The van der Waals surface area contributed by atoms with Crippen molar-refractivity contribution < 1.29 is 19.4 Å². The van der Waals surface area contributed by atoms with Crippen molar-refractivity contribution in [3.8, 4) is 0 Å². The second-order valence-electron chi connectivity index (χ2n) is 14.1. The van der Waals surface area contributed by atoms with Crippen molar-refractivity contribution in [2.24, 2.45) is 11.8 Å². The Bertz CT molecular complexity index is 2810. The van der Waals surface area contributed by atoms with Gasteiger partial charge >= 0.3 is 5.97 Å². The van der Waals surface area contributed by atoms with E-state index in [2.05, 4.69) is 49.7 Å². The number of carbonyl (C=O) groups excluding carboxylic acids is 1. The van der Waals surface area contributed by atoms with Crippen LogP contribution in [0.5, 0.6) is 0 Å². The number of carboxylic acid groups (broad SMARTS) is 1. The average Bonchev–Trinajstić information content (AvgIpc) is 4.05. The lowest BCUT2D eigenvalue weighted by Gasteiger charge is -2.31. The number of hydrogen-bond donors (Lipinski definition) is 3. The maximum absolute atomic E-state index is 13.0. The Kier molecular flexibility index (Phi) is 9.61. The molecule has 7 heterocycles. The Morgan fingerprint density at radius 1 is 0.719 bits per heavy atom. The van der Waals surface area contributed by atoms with E-state index in [4.69, 9.17) is 4.74 Å². The van der Waals surface area contributed by atoms with Crippen molar-refractivity contribution >= 4 is 121 Å². The highest BCUT2D eigenvalue weighted by molar-refractivity contribution is 7.19. The van der Waals surface area contributed by atoms with Gasteiger partial charge in [-0.3, -0.25) is 9.59 Å². The van der Waals surface area contributed by atoms with Crippen LogP contribution in [0.4, 0.5) is 23.0 Å². The zero-order valence-electron chi connectivity index (χ0n) is 30.2. The third-order valence-corrected chi connectivity index (χ3v) is 14.4. The zero-order chi connectivity index (χ0) is 38.5. The summed E-state index contributed by atoms with van der Waals surface area (Å²) in [5.41, 5.74) is 6.12. The molecule has 11 rings (SSSR count). The molecule has 0 bridgehead atoms. The average molecular weight is 836 g/mol. The fourth-order valence-corrected chi connectivity index (χ4v) is 11.6. The van der Waals surface area contributed by atoms with Gasteiger partial charge in [0.15, 0.2) is 0 Å². The highest BCUT2D eigenvalue weighted by Crippen LogP contribution is 2.42. The molecule has 19 heteroatoms. The van der Waals surface area contributed by atoms with Gasteiger partial charge in [-0.15, -0.1) is 32.9 Å². The van der Waals surface area contributed by atoms with Crippen molar-refractivity contribution in [3.05, 3.63) is 69.9 Å². The molecule has 1 amide bonds. The van der Waals surface area contributed by atoms with Gasteiger partial charge < -0.3 is 25.4 Å². The first-order valence-electron chi connectivity index (χ1n) is 18.5. The van der Waals surface area contributed by atoms with E-state index in [0.717, 1.165) is 94.4 Å². The number of aromatic nitrogens is 8. The number of morpholine rings is 1. The minimum atomic E-state index is -0.719. The van der Waals surface area contributed by atoms with Crippen LogP contribution in [0.1, 0.15) is 33.7 Å². The fraction of sp³-hybridized carbons (Fsp3) is 0.316. The van der Waals surface area contributed by atoms with Crippen LogP contribution in [0.2, 0.25) is 0 Å². The van der Waals surface area contributed by atoms with E-state index in [9.17, 15) is 14.7 Å². The number of hydrogen-bond acceptors (Lipinski definition) is 17. The summed E-state index contributed by atoms with van der Waals surface area (Å²) in [7, 11) is 0. The highest BCUT2D eigenvalue weighted by Gasteiger charge is 2.32. The summed E-state index contributed by atoms with van der Waals surface area (Å²) in [6, 6.07) is 11.9. The van der Waals surface area contributed by atoms with Gasteiger partial charge in [-0.25, -0.2) is 19.9 Å². The number of carbonyl (C=O) groups is 2. The van der Waals surface area contributed by atoms with Crippen molar-refractivity contribution in [1.29, 1.82) is 0 Å². The lowest BCUT2D eigenvalue weighted by Crippen LogP contribution is -2.44. The number of fused-ring (bicyclic) bond motifs is 8. The summed E-state index contributed by atoms with van der Waals surface area (Å²) in [5, 5.41) is 26.4. The highest BCUT2D eigenvalue weighted by atomic mass is 32.1. The molecular weight excluding hydrogens is 803 g/mol. The number of carboxylic acids is 1. The minimum Gasteiger partial charge on any atom is -0.481 e. The number of ether oxygens (including phenoxy) is 1. The van der Waals surface area contributed by atoms with Crippen molar-refractivity contribution in [2.45, 2.75) is 38.5 Å². The monoisotopic (exact) mass is 835 g/mol. The number of rotatable bonds is 6.